The second-order valence-electron chi connectivity index (χ2n) is 5.20. The van der Waals surface area contributed by atoms with E-state index in [1.165, 1.54) is 0 Å². The van der Waals surface area contributed by atoms with Crippen LogP contribution in [0, 0.1) is 6.92 Å². The van der Waals surface area contributed by atoms with Gasteiger partial charge in [-0.2, -0.15) is 0 Å². The number of fused-ring (bicyclic) bond motifs is 1. The van der Waals surface area contributed by atoms with Crippen molar-refractivity contribution in [3.8, 4) is 5.75 Å². The number of benzene rings is 2. The van der Waals surface area contributed by atoms with Crippen LogP contribution in [0.25, 0.3) is 0 Å². The maximum absolute atomic E-state index is 12.6. The molecule has 1 aliphatic carbocycles. The molecule has 116 valence electrons. The number of hydrogen-bond donors (Lipinski definition) is 1. The van der Waals surface area contributed by atoms with Crippen LogP contribution in [0.4, 0.5) is 5.69 Å². The summed E-state index contributed by atoms with van der Waals surface area (Å²) in [5.41, 5.74) is 2.36. The standard InChI is InChI=1S/C18H14ClNO3/c1-10-9-11(7-8-14(10)23-2)20-16-15(19)17(21)12-5-3-4-6-13(12)18(16)22/h3-9,20H,1-2H3. The Balaban J connectivity index is 2.00. The summed E-state index contributed by atoms with van der Waals surface area (Å²) < 4.78 is 5.21. The molecule has 1 N–H and O–H groups in total. The molecule has 0 aromatic heterocycles. The number of hydrogen-bond acceptors (Lipinski definition) is 4. The molecule has 23 heavy (non-hydrogen) atoms. The van der Waals surface area contributed by atoms with Crippen LogP contribution in [0.2, 0.25) is 0 Å². The van der Waals surface area contributed by atoms with Crippen molar-refractivity contribution >= 4 is 28.9 Å². The van der Waals surface area contributed by atoms with Crippen molar-refractivity contribution in [2.75, 3.05) is 12.4 Å². The monoisotopic (exact) mass is 327 g/mol. The van der Waals surface area contributed by atoms with Gasteiger partial charge in [-0.05, 0) is 30.7 Å². The first kappa shape index (κ1) is 15.3. The van der Waals surface area contributed by atoms with Crippen molar-refractivity contribution in [3.05, 3.63) is 69.9 Å². The van der Waals surface area contributed by atoms with E-state index in [-0.39, 0.29) is 22.3 Å². The number of halogens is 1. The quantitative estimate of drug-likeness (QED) is 0.927. The van der Waals surface area contributed by atoms with Crippen LogP contribution in [0.5, 0.6) is 5.75 Å². The van der Waals surface area contributed by atoms with E-state index in [0.717, 1.165) is 11.3 Å². The Kier molecular flexibility index (Phi) is 3.92. The lowest BCUT2D eigenvalue weighted by atomic mass is 9.92. The highest BCUT2D eigenvalue weighted by atomic mass is 35.5. The van der Waals surface area contributed by atoms with Gasteiger partial charge in [0.1, 0.15) is 16.5 Å². The lowest BCUT2D eigenvalue weighted by molar-refractivity contribution is 0.0982. The summed E-state index contributed by atoms with van der Waals surface area (Å²) >= 11 is 6.13. The summed E-state index contributed by atoms with van der Waals surface area (Å²) in [6.07, 6.45) is 0. The van der Waals surface area contributed by atoms with Gasteiger partial charge in [-0.25, -0.2) is 0 Å². The van der Waals surface area contributed by atoms with Crippen LogP contribution < -0.4 is 10.1 Å². The van der Waals surface area contributed by atoms with Gasteiger partial charge in [0, 0.05) is 16.8 Å². The van der Waals surface area contributed by atoms with E-state index < -0.39 is 0 Å². The average Bonchev–Trinajstić information content (AvgIpc) is 2.57. The molecule has 0 saturated heterocycles. The number of carbonyl (C=O) groups is 2. The van der Waals surface area contributed by atoms with E-state index in [0.29, 0.717) is 16.8 Å². The van der Waals surface area contributed by atoms with Crippen LogP contribution in [0.15, 0.2) is 53.2 Å². The Morgan fingerprint density at radius 1 is 1.00 bits per heavy atom. The van der Waals surface area contributed by atoms with Gasteiger partial charge in [0.05, 0.1) is 7.11 Å². The first-order valence-electron chi connectivity index (χ1n) is 7.02. The number of rotatable bonds is 3. The van der Waals surface area contributed by atoms with Gasteiger partial charge >= 0.3 is 0 Å². The zero-order valence-electron chi connectivity index (χ0n) is 12.6. The van der Waals surface area contributed by atoms with Gasteiger partial charge in [-0.3, -0.25) is 9.59 Å². The second kappa shape index (κ2) is 5.89. The molecule has 0 heterocycles. The summed E-state index contributed by atoms with van der Waals surface area (Å²) in [5.74, 6) is 0.0975. The Morgan fingerprint density at radius 3 is 2.26 bits per heavy atom. The fourth-order valence-corrected chi connectivity index (χ4v) is 2.79. The molecule has 2 aromatic carbocycles. The van der Waals surface area contributed by atoms with Gasteiger partial charge < -0.3 is 10.1 Å². The Labute approximate surface area is 138 Å². The molecule has 0 unspecified atom stereocenters. The topological polar surface area (TPSA) is 55.4 Å². The minimum Gasteiger partial charge on any atom is -0.496 e. The van der Waals surface area contributed by atoms with Crippen molar-refractivity contribution < 1.29 is 14.3 Å². The Hall–Kier alpha value is -2.59. The largest absolute Gasteiger partial charge is 0.496 e. The lowest BCUT2D eigenvalue weighted by Gasteiger charge is -2.19. The molecule has 4 nitrogen and oxygen atoms in total. The summed E-state index contributed by atoms with van der Waals surface area (Å²) in [6, 6.07) is 12.0. The molecular weight excluding hydrogens is 314 g/mol. The summed E-state index contributed by atoms with van der Waals surface area (Å²) in [7, 11) is 1.59. The van der Waals surface area contributed by atoms with Crippen molar-refractivity contribution in [2.45, 2.75) is 6.92 Å². The number of methoxy groups -OCH3 is 1. The highest BCUT2D eigenvalue weighted by Gasteiger charge is 2.31. The molecule has 0 atom stereocenters. The number of aryl methyl sites for hydroxylation is 1. The molecular formula is C18H14ClNO3. The number of Topliss-reactive ketones (excluding diaryl/α,β-unsaturated/α-hetero) is 2. The molecule has 0 radical (unpaired) electrons. The molecule has 0 amide bonds. The average molecular weight is 328 g/mol. The van der Waals surface area contributed by atoms with Crippen LogP contribution in [0.3, 0.4) is 0 Å². The van der Waals surface area contributed by atoms with Crippen LogP contribution in [0.1, 0.15) is 26.3 Å². The molecule has 1 aliphatic rings. The third kappa shape index (κ3) is 2.62. The molecule has 0 fully saturated rings. The minimum atomic E-state index is -0.352. The number of anilines is 1. The number of ketones is 2. The van der Waals surface area contributed by atoms with Gasteiger partial charge in [0.15, 0.2) is 0 Å². The first-order chi connectivity index (χ1) is 11.0. The molecule has 5 heteroatoms. The van der Waals surface area contributed by atoms with E-state index in [9.17, 15) is 9.59 Å². The van der Waals surface area contributed by atoms with Gasteiger partial charge in [0.25, 0.3) is 0 Å². The molecule has 0 bridgehead atoms. The smallest absolute Gasteiger partial charge is 0.211 e. The first-order valence-corrected chi connectivity index (χ1v) is 7.40. The van der Waals surface area contributed by atoms with Crippen LogP contribution in [-0.2, 0) is 0 Å². The normalized spacial score (nSPS) is 13.9. The maximum Gasteiger partial charge on any atom is 0.211 e. The van der Waals surface area contributed by atoms with Crippen LogP contribution >= 0.6 is 11.6 Å². The van der Waals surface area contributed by atoms with E-state index >= 15 is 0 Å². The molecule has 2 aromatic rings. The third-order valence-corrected chi connectivity index (χ3v) is 4.09. The Bertz CT molecular complexity index is 855. The molecule has 0 saturated carbocycles. The zero-order valence-corrected chi connectivity index (χ0v) is 13.4. The number of allylic oxidation sites excluding steroid dienone is 2. The van der Waals surface area contributed by atoms with Gasteiger partial charge in [-0.15, -0.1) is 0 Å². The number of carbonyl (C=O) groups excluding carboxylic acids is 2. The van der Waals surface area contributed by atoms with E-state index in [2.05, 4.69) is 5.32 Å². The molecule has 3 rings (SSSR count). The highest BCUT2D eigenvalue weighted by molar-refractivity contribution is 6.50. The predicted octanol–water partition coefficient (Wildman–Crippen LogP) is 3.95. The predicted molar refractivity (Wildman–Crippen MR) is 89.3 cm³/mol. The highest BCUT2D eigenvalue weighted by Crippen LogP contribution is 2.30. The van der Waals surface area contributed by atoms with Crippen LogP contribution in [-0.4, -0.2) is 18.7 Å². The summed E-state index contributed by atoms with van der Waals surface area (Å²) in [5, 5.41) is 2.87. The molecule has 0 aliphatic heterocycles. The lowest BCUT2D eigenvalue weighted by Crippen LogP contribution is -2.24. The minimum absolute atomic E-state index is 0.0952. The van der Waals surface area contributed by atoms with E-state index in [4.69, 9.17) is 16.3 Å². The van der Waals surface area contributed by atoms with Gasteiger partial charge in [-0.1, -0.05) is 35.9 Å². The van der Waals surface area contributed by atoms with Crippen molar-refractivity contribution in [1.29, 1.82) is 0 Å². The maximum atomic E-state index is 12.6. The van der Waals surface area contributed by atoms with Crippen molar-refractivity contribution in [2.24, 2.45) is 0 Å². The fraction of sp³-hybridized carbons (Fsp3) is 0.111. The SMILES string of the molecule is COc1ccc(NC2=C(Cl)C(=O)c3ccccc3C2=O)cc1C. The van der Waals surface area contributed by atoms with Gasteiger partial charge in [0.2, 0.25) is 11.6 Å². The number of nitrogens with one attached hydrogen (secondary N) is 1. The summed E-state index contributed by atoms with van der Waals surface area (Å²) in [6.45, 7) is 1.89. The van der Waals surface area contributed by atoms with E-state index in [1.54, 1.807) is 43.5 Å². The van der Waals surface area contributed by atoms with Crippen molar-refractivity contribution in [1.82, 2.24) is 0 Å². The van der Waals surface area contributed by atoms with E-state index in [1.807, 2.05) is 13.0 Å². The Morgan fingerprint density at radius 2 is 1.65 bits per heavy atom. The summed E-state index contributed by atoms with van der Waals surface area (Å²) in [4.78, 5) is 24.9. The second-order valence-corrected chi connectivity index (χ2v) is 5.58. The zero-order chi connectivity index (χ0) is 16.6. The fourth-order valence-electron chi connectivity index (χ4n) is 2.56. The molecule has 0 spiro atoms. The third-order valence-electron chi connectivity index (χ3n) is 3.73. The number of ether oxygens (including phenoxy) is 1. The van der Waals surface area contributed by atoms with Crippen molar-refractivity contribution in [3.63, 3.8) is 0 Å².